The number of methoxy groups -OCH3 is 16. The summed E-state index contributed by atoms with van der Waals surface area (Å²) >= 11 is 0. The molecule has 4 aliphatic rings. The van der Waals surface area contributed by atoms with Gasteiger partial charge >= 0.3 is 95.5 Å². The second kappa shape index (κ2) is 59.6. The summed E-state index contributed by atoms with van der Waals surface area (Å²) in [6.07, 6.45) is -18.2. The van der Waals surface area contributed by atoms with Crippen molar-refractivity contribution in [2.24, 2.45) is 22.7 Å². The molecule has 0 unspecified atom stereocenters. The van der Waals surface area contributed by atoms with E-state index >= 15 is 28.8 Å². The second-order valence-corrected chi connectivity index (χ2v) is 32.3. The van der Waals surface area contributed by atoms with Crippen molar-refractivity contribution in [3.63, 3.8) is 0 Å². The second-order valence-electron chi connectivity index (χ2n) is 32.3. The quantitative estimate of drug-likeness (QED) is 0.0199. The van der Waals surface area contributed by atoms with Crippen molar-refractivity contribution >= 4 is 178 Å². The molecule has 4 fully saturated rings. The van der Waals surface area contributed by atoms with Crippen LogP contribution >= 0.6 is 0 Å². The minimum absolute atomic E-state index is 0.158. The molecule has 0 aliphatic heterocycles. The highest BCUT2D eigenvalue weighted by Crippen LogP contribution is 2.65. The Morgan fingerprint density at radius 1 is 0.181 bits per heavy atom. The fourth-order valence-corrected chi connectivity index (χ4v) is 15.6. The third kappa shape index (κ3) is 38.6. The van der Waals surface area contributed by atoms with Gasteiger partial charge in [0.2, 0.25) is 82.7 Å². The lowest BCUT2D eigenvalue weighted by atomic mass is 9.43. The highest BCUT2D eigenvalue weighted by Gasteiger charge is 2.64. The minimum Gasteiger partial charge on any atom is -0.469 e. The van der Waals surface area contributed by atoms with Gasteiger partial charge < -0.3 is 150 Å². The Kier molecular flexibility index (Phi) is 50.6. The highest BCUT2D eigenvalue weighted by atomic mass is 16.6. The number of nitrogens with one attached hydrogen (secondary N) is 14. The summed E-state index contributed by atoms with van der Waals surface area (Å²) in [5.74, 6) is -43.0. The van der Waals surface area contributed by atoms with Crippen LogP contribution in [-0.2, 0) is 220 Å². The van der Waals surface area contributed by atoms with Crippen molar-refractivity contribution < 1.29 is 220 Å². The molecule has 14 N–H and O–H groups in total. The van der Waals surface area contributed by atoms with E-state index in [1.807, 2.05) is 0 Å². The molecule has 0 spiro atoms. The van der Waals surface area contributed by atoms with Crippen LogP contribution in [0.1, 0.15) is 128 Å². The lowest BCUT2D eigenvalue weighted by molar-refractivity contribution is -0.169. The molecule has 4 bridgehead atoms. The standard InChI is InChI=1S/C84H118N14O46/c1-129-59(105)24-45(73(119)137-9)87-55(101)18-39(67(113)93-49(77(123)141-13)28-63(109)133-5)85-53(99)22-43(71(117)91-41(69(115)95-51(79(125)143-15)30-65(111)135-7)20-57(103)89-47(75(121)139-11)26-61(107)131-3)97-81(127)83-32-37-17-38(33-83)35-84(34-37,36-83)82(128)98-44(72(118)92-42(70(116)96-52(80(126)144-16)31-66(112)136-8)21-58(104)90-48(76(122)140-12)27-62(108)132-4)23-54(100)86-40(68(114)94-50(78(124)142-14)29-64(110)134-6)19-56(102)88-46(74(120)138-10)25-60(106)130-2/h37-52H,17-36H2,1-16H3,(H,85,99)(H,86,100)(H,87,101)(H,88,102)(H,89,103)(H,90,104)(H,91,117)(H,92,118)(H,93,113)(H,94,114)(H,95,115)(H,96,116)(H,97,127)(H,98,128)/t37?,38?,39-,40-,41-,42-,43-,44-,45-,46-,47-,48-,49-,50-,51-,52-,83?,84?/m0/s1. The van der Waals surface area contributed by atoms with E-state index in [4.69, 9.17) is 37.9 Å². The van der Waals surface area contributed by atoms with E-state index in [1.165, 1.54) is 0 Å². The average molecular weight is 2060 g/mol. The van der Waals surface area contributed by atoms with Gasteiger partial charge in [0.1, 0.15) is 84.6 Å². The zero-order chi connectivity index (χ0) is 109. The fraction of sp³-hybridized carbons (Fsp3) is 0.643. The molecule has 4 rings (SSSR count). The van der Waals surface area contributed by atoms with Gasteiger partial charge in [0.15, 0.2) is 0 Å². The maximum absolute atomic E-state index is 16.1. The molecule has 60 nitrogen and oxygen atoms in total. The van der Waals surface area contributed by atoms with Crippen LogP contribution in [0.4, 0.5) is 0 Å². The highest BCUT2D eigenvalue weighted by molar-refractivity contribution is 6.05. The number of carbonyl (C=O) groups excluding carboxylic acids is 30. The van der Waals surface area contributed by atoms with Gasteiger partial charge in [-0.3, -0.25) is 105 Å². The van der Waals surface area contributed by atoms with Crippen LogP contribution in [0.25, 0.3) is 0 Å². The molecule has 14 atom stereocenters. The Morgan fingerprint density at radius 3 is 0.465 bits per heavy atom. The predicted octanol–water partition coefficient (Wildman–Crippen LogP) is -11.4. The van der Waals surface area contributed by atoms with Crippen molar-refractivity contribution in [1.82, 2.24) is 74.4 Å². The van der Waals surface area contributed by atoms with Crippen LogP contribution in [-0.4, -0.2) is 377 Å². The topological polar surface area (TPSA) is 828 Å². The number of rotatable bonds is 58. The maximum atomic E-state index is 16.1. The van der Waals surface area contributed by atoms with Crippen LogP contribution < -0.4 is 74.4 Å². The minimum atomic E-state index is -2.57. The summed E-state index contributed by atoms with van der Waals surface area (Å²) in [6.45, 7) is 0. The smallest absolute Gasteiger partial charge is 0.328 e. The average Bonchev–Trinajstić information content (AvgIpc) is 0.708. The van der Waals surface area contributed by atoms with E-state index in [2.05, 4.69) is 112 Å². The molecular formula is C84H118N14O46. The number of esters is 16. The summed E-state index contributed by atoms with van der Waals surface area (Å²) in [7, 11) is 13.6. The molecule has 0 saturated heterocycles. The molecule has 0 heterocycles. The van der Waals surface area contributed by atoms with Gasteiger partial charge in [-0.05, 0) is 50.4 Å². The third-order valence-electron chi connectivity index (χ3n) is 22.5. The van der Waals surface area contributed by atoms with Crippen LogP contribution in [0, 0.1) is 22.7 Å². The van der Waals surface area contributed by atoms with Gasteiger partial charge in [0.25, 0.3) is 0 Å². The van der Waals surface area contributed by atoms with Gasteiger partial charge in [-0.15, -0.1) is 0 Å². The first-order chi connectivity index (χ1) is 67.8. The van der Waals surface area contributed by atoms with Crippen LogP contribution in [0.2, 0.25) is 0 Å². The molecule has 4 aliphatic carbocycles. The van der Waals surface area contributed by atoms with Gasteiger partial charge in [0, 0.05) is 0 Å². The molecule has 144 heavy (non-hydrogen) atoms. The van der Waals surface area contributed by atoms with E-state index in [9.17, 15) is 115 Å². The Hall–Kier alpha value is -15.9. The lowest BCUT2D eigenvalue weighted by Gasteiger charge is -2.60. The van der Waals surface area contributed by atoms with Crippen LogP contribution in [0.5, 0.6) is 0 Å². The first kappa shape index (κ1) is 122. The summed E-state index contributed by atoms with van der Waals surface area (Å²) in [5, 5.41) is 30.0. The monoisotopic (exact) mass is 2060 g/mol. The lowest BCUT2D eigenvalue weighted by Crippen LogP contribution is -2.65. The SMILES string of the molecule is COC(=O)C[C@H](NC(=O)C[C@H](NC(=O)C[C@H](NC(=O)C12CC3CC(C1)CC(C(=O)N[C@@H](CC(=O)N[C@@H](CC(=O)N[C@@H](CC(=O)OC)C(=O)OC)C(=O)N[C@@H](CC(=O)OC)C(=O)OC)C(=O)N[C@@H](CC(=O)N[C@@H](CC(=O)OC)C(=O)OC)C(=O)N[C@@H](CC(=O)OC)C(=O)OC)(C3)C2)C(=O)N[C@@H](CC(=O)N[C@@H](CC(=O)OC)C(=O)OC)C(=O)N[C@@H](CC(=O)OC)C(=O)OC)C(=O)N[C@@H](CC(=O)OC)C(=O)OC)C(=O)OC. The molecule has 800 valence electrons. The molecule has 0 aromatic rings. The van der Waals surface area contributed by atoms with Crippen molar-refractivity contribution in [3.05, 3.63) is 0 Å². The first-order valence-corrected chi connectivity index (χ1v) is 43.2. The van der Waals surface area contributed by atoms with Crippen LogP contribution in [0.15, 0.2) is 0 Å². The van der Waals surface area contributed by atoms with Crippen LogP contribution in [0.3, 0.4) is 0 Å². The number of hydrogen-bond acceptors (Lipinski definition) is 46. The maximum Gasteiger partial charge on any atom is 0.328 e. The number of ether oxygens (including phenoxy) is 16. The summed E-state index contributed by atoms with van der Waals surface area (Å²) < 4.78 is 74.9. The number of hydrogen-bond donors (Lipinski definition) is 14. The first-order valence-electron chi connectivity index (χ1n) is 43.2. The zero-order valence-corrected chi connectivity index (χ0v) is 81.2. The van der Waals surface area contributed by atoms with Crippen molar-refractivity contribution in [1.29, 1.82) is 0 Å². The van der Waals surface area contributed by atoms with E-state index in [0.717, 1.165) is 114 Å². The molecular weight excluding hydrogens is 1940 g/mol. The van der Waals surface area contributed by atoms with E-state index in [-0.39, 0.29) is 32.1 Å². The summed E-state index contributed by atoms with van der Waals surface area (Å²) in [5.41, 5.74) is -4.10. The number of amides is 14. The zero-order valence-electron chi connectivity index (χ0n) is 81.2. The number of carbonyl (C=O) groups is 30. The van der Waals surface area contributed by atoms with Gasteiger partial charge in [-0.1, -0.05) is 0 Å². The Balaban J connectivity index is 2.61. The van der Waals surface area contributed by atoms with Gasteiger partial charge in [-0.25, -0.2) is 38.4 Å². The summed E-state index contributed by atoms with van der Waals surface area (Å²) in [6, 6.07) is -30.8. The van der Waals surface area contributed by atoms with Gasteiger partial charge in [-0.2, -0.15) is 0 Å². The Labute approximate surface area is 818 Å². The molecule has 0 aromatic carbocycles. The molecule has 60 heteroatoms. The predicted molar refractivity (Wildman–Crippen MR) is 463 cm³/mol. The fourth-order valence-electron chi connectivity index (χ4n) is 15.6. The molecule has 0 aromatic heterocycles. The van der Waals surface area contributed by atoms with Crippen molar-refractivity contribution in [2.45, 2.75) is 213 Å². The largest absolute Gasteiger partial charge is 0.469 e. The Morgan fingerprint density at radius 2 is 0.312 bits per heavy atom. The third-order valence-corrected chi connectivity index (χ3v) is 22.5. The van der Waals surface area contributed by atoms with E-state index in [1.54, 1.807) is 0 Å². The van der Waals surface area contributed by atoms with Gasteiger partial charge in [0.05, 0.1) is 214 Å². The normalized spacial score (nSPS) is 17.8. The molecule has 0 radical (unpaired) electrons. The van der Waals surface area contributed by atoms with Crippen molar-refractivity contribution in [2.75, 3.05) is 114 Å². The Bertz CT molecular complexity index is 4510. The van der Waals surface area contributed by atoms with E-state index in [0.29, 0.717) is 0 Å². The molecule has 4 saturated carbocycles. The van der Waals surface area contributed by atoms with Crippen molar-refractivity contribution in [3.8, 4) is 0 Å². The molecule has 14 amide bonds. The summed E-state index contributed by atoms with van der Waals surface area (Å²) in [4.78, 5) is 415. The van der Waals surface area contributed by atoms with E-state index < -0.39 is 382 Å².